The molecule has 1 amide bonds. The zero-order valence-electron chi connectivity index (χ0n) is 10.9. The predicted octanol–water partition coefficient (Wildman–Crippen LogP) is 1.65. The molecule has 1 aliphatic rings. The summed E-state index contributed by atoms with van der Waals surface area (Å²) < 4.78 is 4.96. The van der Waals surface area contributed by atoms with Crippen LogP contribution in [0.25, 0.3) is 11.4 Å². The number of carbonyl (C=O) groups is 1. The van der Waals surface area contributed by atoms with E-state index in [0.29, 0.717) is 11.7 Å². The minimum Gasteiger partial charge on any atom is -0.339 e. The number of nitrogens with zero attached hydrogens (tertiary/aromatic N) is 2. The maximum absolute atomic E-state index is 12.0. The van der Waals surface area contributed by atoms with Crippen molar-refractivity contribution in [2.45, 2.75) is 13.0 Å². The largest absolute Gasteiger partial charge is 0.339 e. The molecule has 104 valence electrons. The quantitative estimate of drug-likeness (QED) is 0.894. The third-order valence-electron chi connectivity index (χ3n) is 2.95. The van der Waals surface area contributed by atoms with E-state index in [0.717, 1.165) is 22.9 Å². The van der Waals surface area contributed by atoms with Crippen LogP contribution in [0.3, 0.4) is 0 Å². The lowest BCUT2D eigenvalue weighted by Crippen LogP contribution is -2.37. The second-order valence-corrected chi connectivity index (χ2v) is 5.51. The van der Waals surface area contributed by atoms with E-state index in [1.54, 1.807) is 18.7 Å². The number of thioether (sulfide) groups is 1. The molecule has 1 atom stereocenters. The molecule has 6 nitrogen and oxygen atoms in total. The molecule has 7 heteroatoms. The molecule has 0 aliphatic carbocycles. The van der Waals surface area contributed by atoms with Gasteiger partial charge in [0.2, 0.25) is 17.6 Å². The first-order valence-electron chi connectivity index (χ1n) is 6.25. The Morgan fingerprint density at radius 3 is 3.15 bits per heavy atom. The minimum absolute atomic E-state index is 0.0172. The van der Waals surface area contributed by atoms with Crippen LogP contribution >= 0.6 is 11.8 Å². The van der Waals surface area contributed by atoms with Gasteiger partial charge in [-0.05, 0) is 12.1 Å². The number of benzene rings is 1. The Balaban J connectivity index is 1.75. The number of rotatable bonds is 3. The fourth-order valence-corrected chi connectivity index (χ4v) is 2.89. The van der Waals surface area contributed by atoms with Gasteiger partial charge in [-0.1, -0.05) is 17.3 Å². The van der Waals surface area contributed by atoms with Crippen molar-refractivity contribution < 1.29 is 9.32 Å². The van der Waals surface area contributed by atoms with Gasteiger partial charge in [0.05, 0.1) is 6.04 Å². The van der Waals surface area contributed by atoms with Crippen molar-refractivity contribution >= 4 is 23.4 Å². The van der Waals surface area contributed by atoms with Crippen LogP contribution in [-0.2, 0) is 4.79 Å². The molecule has 1 unspecified atom stereocenters. The molecule has 2 aromatic rings. The highest BCUT2D eigenvalue weighted by atomic mass is 32.2. The molecule has 1 aliphatic heterocycles. The highest BCUT2D eigenvalue weighted by molar-refractivity contribution is 7.99. The number of carbonyl (C=O) groups excluding carboxylic acids is 1. The molecule has 1 aromatic heterocycles. The fraction of sp³-hybridized carbons (Fsp3) is 0.308. The highest BCUT2D eigenvalue weighted by Crippen LogP contribution is 2.20. The smallest absolute Gasteiger partial charge is 0.242 e. The lowest BCUT2D eigenvalue weighted by atomic mass is 10.2. The van der Waals surface area contributed by atoms with Gasteiger partial charge in [-0.25, -0.2) is 0 Å². The molecule has 0 radical (unpaired) electrons. The van der Waals surface area contributed by atoms with Gasteiger partial charge in [-0.3, -0.25) is 10.1 Å². The average molecular weight is 290 g/mol. The van der Waals surface area contributed by atoms with Gasteiger partial charge in [-0.15, -0.1) is 11.8 Å². The van der Waals surface area contributed by atoms with Crippen LogP contribution in [0.4, 0.5) is 5.69 Å². The molecule has 2 N–H and O–H groups in total. The summed E-state index contributed by atoms with van der Waals surface area (Å²) in [5.74, 6) is 2.64. The van der Waals surface area contributed by atoms with E-state index in [-0.39, 0.29) is 11.9 Å². The molecular weight excluding hydrogens is 276 g/mol. The number of hydrogen-bond acceptors (Lipinski definition) is 6. The summed E-state index contributed by atoms with van der Waals surface area (Å²) in [7, 11) is 0. The maximum atomic E-state index is 12.0. The van der Waals surface area contributed by atoms with Crippen LogP contribution in [0.2, 0.25) is 0 Å². The third-order valence-corrected chi connectivity index (χ3v) is 3.89. The molecular formula is C13H14N4O2S. The Labute approximate surface area is 120 Å². The number of nitrogens with one attached hydrogen (secondary N) is 2. The van der Waals surface area contributed by atoms with Crippen LogP contribution < -0.4 is 10.6 Å². The Bertz CT molecular complexity index is 622. The van der Waals surface area contributed by atoms with Gasteiger partial charge in [0.25, 0.3) is 0 Å². The summed E-state index contributed by atoms with van der Waals surface area (Å²) in [5, 5.41) is 9.91. The number of anilines is 1. The van der Waals surface area contributed by atoms with Gasteiger partial charge in [0.15, 0.2) is 0 Å². The Hall–Kier alpha value is -1.86. The van der Waals surface area contributed by atoms with Crippen LogP contribution in [0, 0.1) is 6.92 Å². The Morgan fingerprint density at radius 1 is 1.55 bits per heavy atom. The lowest BCUT2D eigenvalue weighted by molar-refractivity contribution is -0.117. The summed E-state index contributed by atoms with van der Waals surface area (Å²) >= 11 is 1.72. The first-order chi connectivity index (χ1) is 9.72. The lowest BCUT2D eigenvalue weighted by Gasteiger charge is -2.10. The topological polar surface area (TPSA) is 80.0 Å². The normalized spacial score (nSPS) is 18.1. The standard InChI is InChI=1S/C13H14N4O2S/c1-8-15-12(17-19-8)9-3-2-4-10(5-9)16-13(18)11-6-20-7-14-11/h2-5,11,14H,6-7H2,1H3,(H,16,18). The van der Waals surface area contributed by atoms with Gasteiger partial charge in [0.1, 0.15) is 0 Å². The minimum atomic E-state index is -0.129. The number of amides is 1. The molecule has 3 rings (SSSR count). The number of aryl methyl sites for hydroxylation is 1. The average Bonchev–Trinajstić information content (AvgIpc) is 3.10. The summed E-state index contributed by atoms with van der Waals surface area (Å²) in [4.78, 5) is 16.2. The third kappa shape index (κ3) is 2.83. The molecule has 1 saturated heterocycles. The van der Waals surface area contributed by atoms with Crippen LogP contribution in [0.5, 0.6) is 0 Å². The van der Waals surface area contributed by atoms with E-state index in [4.69, 9.17) is 4.52 Å². The van der Waals surface area contributed by atoms with Crippen molar-refractivity contribution in [3.8, 4) is 11.4 Å². The first-order valence-corrected chi connectivity index (χ1v) is 7.40. The number of aromatic nitrogens is 2. The predicted molar refractivity (Wildman–Crippen MR) is 77.3 cm³/mol. The zero-order valence-corrected chi connectivity index (χ0v) is 11.7. The maximum Gasteiger partial charge on any atom is 0.242 e. The second-order valence-electron chi connectivity index (χ2n) is 4.48. The fourth-order valence-electron chi connectivity index (χ4n) is 1.95. The molecule has 0 saturated carbocycles. The van der Waals surface area contributed by atoms with Crippen LogP contribution in [0.1, 0.15) is 5.89 Å². The van der Waals surface area contributed by atoms with E-state index in [1.807, 2.05) is 24.3 Å². The van der Waals surface area contributed by atoms with Gasteiger partial charge in [-0.2, -0.15) is 4.98 Å². The van der Waals surface area contributed by atoms with Crippen molar-refractivity contribution in [2.75, 3.05) is 16.9 Å². The Morgan fingerprint density at radius 2 is 2.45 bits per heavy atom. The van der Waals surface area contributed by atoms with Gasteiger partial charge in [0, 0.05) is 29.8 Å². The van der Waals surface area contributed by atoms with E-state index >= 15 is 0 Å². The zero-order chi connectivity index (χ0) is 13.9. The summed E-state index contributed by atoms with van der Waals surface area (Å²) in [5.41, 5.74) is 1.54. The van der Waals surface area contributed by atoms with E-state index < -0.39 is 0 Å². The van der Waals surface area contributed by atoms with Crippen molar-refractivity contribution in [3.05, 3.63) is 30.2 Å². The van der Waals surface area contributed by atoms with Crippen molar-refractivity contribution in [3.63, 3.8) is 0 Å². The highest BCUT2D eigenvalue weighted by Gasteiger charge is 2.22. The first kappa shape index (κ1) is 13.1. The molecule has 0 spiro atoms. The van der Waals surface area contributed by atoms with Gasteiger partial charge < -0.3 is 9.84 Å². The molecule has 20 heavy (non-hydrogen) atoms. The van der Waals surface area contributed by atoms with Crippen LogP contribution in [-0.4, -0.2) is 33.7 Å². The molecule has 0 bridgehead atoms. The summed E-state index contributed by atoms with van der Waals surface area (Å²) in [6, 6.07) is 7.29. The van der Waals surface area contributed by atoms with Gasteiger partial charge >= 0.3 is 0 Å². The monoisotopic (exact) mass is 290 g/mol. The molecule has 1 aromatic carbocycles. The second kappa shape index (κ2) is 5.64. The Kier molecular flexibility index (Phi) is 3.70. The van der Waals surface area contributed by atoms with Crippen molar-refractivity contribution in [1.82, 2.24) is 15.5 Å². The summed E-state index contributed by atoms with van der Waals surface area (Å²) in [6.45, 7) is 1.74. The molecule has 1 fully saturated rings. The van der Waals surface area contributed by atoms with Crippen molar-refractivity contribution in [1.29, 1.82) is 0 Å². The number of hydrogen-bond donors (Lipinski definition) is 2. The molecule has 2 heterocycles. The van der Waals surface area contributed by atoms with Crippen LogP contribution in [0.15, 0.2) is 28.8 Å². The van der Waals surface area contributed by atoms with E-state index in [1.165, 1.54) is 0 Å². The van der Waals surface area contributed by atoms with E-state index in [9.17, 15) is 4.79 Å². The van der Waals surface area contributed by atoms with E-state index in [2.05, 4.69) is 20.8 Å². The summed E-state index contributed by atoms with van der Waals surface area (Å²) in [6.07, 6.45) is 0. The van der Waals surface area contributed by atoms with Crippen molar-refractivity contribution in [2.24, 2.45) is 0 Å². The SMILES string of the molecule is Cc1nc(-c2cccc(NC(=O)C3CSCN3)c2)no1.